The van der Waals surface area contributed by atoms with Crippen molar-refractivity contribution < 1.29 is 27.1 Å². The summed E-state index contributed by atoms with van der Waals surface area (Å²) in [6.45, 7) is 50.0. The third-order valence-electron chi connectivity index (χ3n) is 30.3. The number of aryl methyl sites for hydroxylation is 11. The van der Waals surface area contributed by atoms with Gasteiger partial charge in [0.1, 0.15) is 94.5 Å². The highest BCUT2D eigenvalue weighted by molar-refractivity contribution is 7.26. The molecule has 0 bridgehead atoms. The summed E-state index contributed by atoms with van der Waals surface area (Å²) in [4.78, 5) is 0. The van der Waals surface area contributed by atoms with Gasteiger partial charge >= 0.3 is 0 Å². The Hall–Kier alpha value is -14.9. The van der Waals surface area contributed by atoms with Crippen molar-refractivity contribution in [3.63, 3.8) is 0 Å². The highest BCUT2D eigenvalue weighted by atomic mass is 32.1. The third kappa shape index (κ3) is 18.6. The number of thiophene rings is 1. The van der Waals surface area contributed by atoms with Crippen LogP contribution in [0.1, 0.15) is 230 Å². The molecule has 147 heavy (non-hydrogen) atoms. The molecule has 0 aliphatic heterocycles. The summed E-state index contributed by atoms with van der Waals surface area (Å²) < 4.78 is 32.7. The van der Waals surface area contributed by atoms with E-state index in [0.717, 1.165) is 17.6 Å². The lowest BCUT2D eigenvalue weighted by Gasteiger charge is -2.20. The number of aromatic nitrogens is 10. The Morgan fingerprint density at radius 3 is 1.29 bits per heavy atom. The second-order valence-corrected chi connectivity index (χ2v) is 44.5. The normalized spacial score (nSPS) is 11.9. The molecule has 0 aliphatic rings. The van der Waals surface area contributed by atoms with E-state index in [-0.39, 0.29) is 0 Å². The Labute approximate surface area is 873 Å². The van der Waals surface area contributed by atoms with Crippen molar-refractivity contribution in [3.8, 4) is 73.6 Å². The molecule has 0 fully saturated rings. The van der Waals surface area contributed by atoms with Crippen LogP contribution in [0, 0.1) is 47.5 Å². The highest BCUT2D eigenvalue weighted by Crippen LogP contribution is 2.49. The topological polar surface area (TPSA) is 56.9 Å². The zero-order valence-corrected chi connectivity index (χ0v) is 92.1. The summed E-state index contributed by atoms with van der Waals surface area (Å²) in [5.74, 6) is 7.03. The Morgan fingerprint density at radius 2 is 0.762 bits per heavy atom. The van der Waals surface area contributed by atoms with Crippen LogP contribution >= 0.6 is 11.3 Å². The van der Waals surface area contributed by atoms with E-state index in [4.69, 9.17) is 4.42 Å². The third-order valence-corrected chi connectivity index (χ3v) is 31.5. The second-order valence-electron chi connectivity index (χ2n) is 43.4. The lowest BCUT2D eigenvalue weighted by atomic mass is 9.88. The molecule has 9 aromatic heterocycles. The summed E-state index contributed by atoms with van der Waals surface area (Å²) in [5, 5.41) is 13.2. The lowest BCUT2D eigenvalue weighted by molar-refractivity contribution is -0.659. The molecule has 11 nitrogen and oxygen atoms in total. The van der Waals surface area contributed by atoms with Crippen LogP contribution in [0.15, 0.2) is 333 Å². The van der Waals surface area contributed by atoms with E-state index in [2.05, 4.69) is 555 Å². The van der Waals surface area contributed by atoms with Gasteiger partial charge in [0.05, 0.1) is 62.7 Å². The quantitative estimate of drug-likeness (QED) is 0.0662. The fourth-order valence-electron chi connectivity index (χ4n) is 22.9. The average Bonchev–Trinajstić information content (AvgIpc) is 1.60. The number of hydrogen-bond acceptors (Lipinski definition) is 2. The molecule has 12 heteroatoms. The van der Waals surface area contributed by atoms with Gasteiger partial charge in [-0.25, -0.2) is 22.8 Å². The molecule has 0 N–H and O–H groups in total. The Kier molecular flexibility index (Phi) is 28.5. The summed E-state index contributed by atoms with van der Waals surface area (Å²) >= 11 is 1.94. The maximum Gasteiger partial charge on any atom is 0.295 e. The molecular weight excluding hydrogens is 1810 g/mol. The maximum atomic E-state index is 6.50. The lowest BCUT2D eigenvalue weighted by Crippen LogP contribution is -2.29. The molecule has 23 rings (SSSR count). The summed E-state index contributed by atoms with van der Waals surface area (Å²) in [7, 11) is 10.8. The Morgan fingerprint density at radius 1 is 0.333 bits per heavy atom. The average molecular weight is 1960 g/mol. The molecule has 0 spiro atoms. The van der Waals surface area contributed by atoms with E-state index in [0.29, 0.717) is 47.3 Å². The minimum atomic E-state index is 0.309. The van der Waals surface area contributed by atoms with Crippen molar-refractivity contribution in [1.82, 2.24) is 22.7 Å². The SMILES string of the molecule is Cc1cccc2c3ccccc3[n+]3cc(C)n(C)c3c12.Cc1cccc2c3ccccc3n3c(-c4c(CC(C)C)cccc4C(C)C)c[n+](C)c3c12.Cc1ccccc1-c1n(-c2c(C(C)C)cc(-c3ccccc3)cc2C(C)C)cc[n+]1C.Cc1ccccc1-c1n(-c2c(C(C)C)cc3c(oc4ccccc43)c2C(C)C)cc[n+]1C.Cc1ccccc1-c1n(-c2c(C(C)C)cc3c(sc4ccccc43)c2C(C)C)cc[n+]1C. The van der Waals surface area contributed by atoms with Gasteiger partial charge in [0, 0.05) is 98.4 Å². The second kappa shape index (κ2) is 41.6. The minimum absolute atomic E-state index is 0.309. The molecule has 0 unspecified atom stereocenters. The molecule has 0 saturated heterocycles. The Bertz CT molecular complexity index is 8670. The van der Waals surface area contributed by atoms with Gasteiger partial charge in [-0.1, -0.05) is 323 Å². The highest BCUT2D eigenvalue weighted by Gasteiger charge is 2.36. The number of pyridine rings is 2. The van der Waals surface area contributed by atoms with E-state index in [1.54, 1.807) is 0 Å². The molecule has 9 heterocycles. The number of hydrogen-bond donors (Lipinski definition) is 0. The van der Waals surface area contributed by atoms with Crippen LogP contribution in [0.3, 0.4) is 0 Å². The summed E-state index contributed by atoms with van der Waals surface area (Å²) in [6, 6.07) is 101. The molecule has 14 aromatic carbocycles. The van der Waals surface area contributed by atoms with Crippen molar-refractivity contribution in [2.24, 2.45) is 41.2 Å². The summed E-state index contributed by atoms with van der Waals surface area (Å²) in [5.41, 5.74) is 38.9. The zero-order valence-electron chi connectivity index (χ0n) is 91.3. The fourth-order valence-corrected chi connectivity index (χ4v) is 24.3. The van der Waals surface area contributed by atoms with Gasteiger partial charge in [0.25, 0.3) is 28.8 Å². The number of para-hydroxylation sites is 3. The van der Waals surface area contributed by atoms with Crippen LogP contribution < -0.4 is 22.7 Å². The molecular formula is C135H145N10OS+5. The van der Waals surface area contributed by atoms with Gasteiger partial charge in [-0.15, -0.1) is 11.3 Å². The van der Waals surface area contributed by atoms with Crippen LogP contribution in [0.4, 0.5) is 0 Å². The Balaban J connectivity index is 0.000000117. The number of benzene rings is 14. The van der Waals surface area contributed by atoms with Crippen LogP contribution in [0.25, 0.3) is 170 Å². The smallest absolute Gasteiger partial charge is 0.295 e. The van der Waals surface area contributed by atoms with Crippen LogP contribution in [-0.2, 0) is 41.7 Å². The van der Waals surface area contributed by atoms with E-state index in [9.17, 15) is 0 Å². The number of rotatable bonds is 17. The first-order valence-electron chi connectivity index (χ1n) is 53.0. The van der Waals surface area contributed by atoms with Gasteiger partial charge in [0.2, 0.25) is 0 Å². The molecule has 0 radical (unpaired) electrons. The molecule has 0 amide bonds. The van der Waals surface area contributed by atoms with Crippen molar-refractivity contribution in [2.45, 2.75) is 200 Å². The largest absolute Gasteiger partial charge is 0.456 e. The van der Waals surface area contributed by atoms with Gasteiger partial charge < -0.3 is 4.42 Å². The van der Waals surface area contributed by atoms with E-state index in [1.165, 1.54) is 237 Å². The van der Waals surface area contributed by atoms with Gasteiger partial charge in [-0.05, 0) is 205 Å². The first-order valence-corrected chi connectivity index (χ1v) is 53.8. The number of nitrogens with zero attached hydrogens (tertiary/aromatic N) is 10. The van der Waals surface area contributed by atoms with Crippen molar-refractivity contribution in [1.29, 1.82) is 0 Å². The molecule has 0 aliphatic carbocycles. The van der Waals surface area contributed by atoms with Crippen molar-refractivity contribution in [2.75, 3.05) is 0 Å². The fraction of sp³-hybridized carbons (Fsp3) is 0.267. The first kappa shape index (κ1) is 101. The molecule has 0 atom stereocenters. The summed E-state index contributed by atoms with van der Waals surface area (Å²) in [6.07, 6.45) is 18.8. The van der Waals surface area contributed by atoms with Gasteiger partial charge in [-0.2, -0.15) is 22.5 Å². The molecule has 0 saturated carbocycles. The standard InChI is InChI=1S/C30H33N2.C29H31N2O.C29H31N2S.C29H33N2.C18H17N2/c1-19(2)17-22-12-10-14-23(20(3)4)29(22)27-18-31(6)30-28-21(5)11-9-15-25(28)24-13-7-8-16-26(24)32(27)30;2*1-18(2)23-17-24-22-13-9-10-14-25(22)32-28(24)26(19(3)4)27(23)31-16-15-30(6)29(31)21-12-8-7-11-20(21)5;1-20(2)26-18-24(23-13-8-7-9-14-23)19-27(21(3)4)28(26)31-17-16-30(6)29(31)25-15-11-10-12-22(25)5;1-12-7-6-9-15-14-8-4-5-10-16(14)20-11-13(2)19(3)18(20)17(12)15/h7-16,18-20H,17H2,1-6H3;2*7-19H,1-6H3;7-21H,1-6H3;4-11H,1-3H3/q5*+1. The molecule has 742 valence electrons. The predicted octanol–water partition coefficient (Wildman–Crippen LogP) is 33.6. The monoisotopic (exact) mass is 1950 g/mol. The van der Waals surface area contributed by atoms with Crippen molar-refractivity contribution >= 4 is 108 Å². The maximum absolute atomic E-state index is 6.50. The van der Waals surface area contributed by atoms with Crippen LogP contribution in [-0.4, -0.2) is 22.7 Å². The number of furan rings is 1. The van der Waals surface area contributed by atoms with Crippen LogP contribution in [0.5, 0.6) is 0 Å². The first-order chi connectivity index (χ1) is 70.7. The van der Waals surface area contributed by atoms with Crippen molar-refractivity contribution in [3.05, 3.63) is 407 Å². The van der Waals surface area contributed by atoms with E-state index in [1.807, 2.05) is 17.4 Å². The predicted molar refractivity (Wildman–Crippen MR) is 621 cm³/mol. The van der Waals surface area contributed by atoms with E-state index < -0.39 is 0 Å². The zero-order chi connectivity index (χ0) is 104. The van der Waals surface area contributed by atoms with Crippen LogP contribution in [0.2, 0.25) is 0 Å². The number of fused-ring (bicyclic) bond motifs is 18. The van der Waals surface area contributed by atoms with E-state index >= 15 is 0 Å². The van der Waals surface area contributed by atoms with Gasteiger partial charge in [-0.3, -0.25) is 0 Å². The molecule has 23 aromatic rings. The number of imidazole rings is 5. The minimum Gasteiger partial charge on any atom is -0.456 e. The van der Waals surface area contributed by atoms with Gasteiger partial charge in [0.15, 0.2) is 5.69 Å².